The smallest absolute Gasteiger partial charge is 0.139 e. The maximum absolute atomic E-state index is 13.7. The Morgan fingerprint density at radius 2 is 1.95 bits per heavy atom. The molecule has 1 heterocycles. The van der Waals surface area contributed by atoms with Crippen LogP contribution in [0.3, 0.4) is 0 Å². The first kappa shape index (κ1) is 14.3. The molecule has 108 valence electrons. The van der Waals surface area contributed by atoms with Gasteiger partial charge in [-0.25, -0.2) is 9.37 Å². The van der Waals surface area contributed by atoms with E-state index in [2.05, 4.69) is 25.5 Å². The molecule has 2 aromatic rings. The van der Waals surface area contributed by atoms with E-state index in [-0.39, 0.29) is 5.82 Å². The molecular weight excluding hydrogens is 343 g/mol. The van der Waals surface area contributed by atoms with Crippen molar-refractivity contribution in [3.63, 3.8) is 0 Å². The van der Waals surface area contributed by atoms with Crippen molar-refractivity contribution >= 4 is 38.6 Å². The summed E-state index contributed by atoms with van der Waals surface area (Å²) < 4.78 is 16.4. The van der Waals surface area contributed by atoms with E-state index in [0.29, 0.717) is 21.9 Å². The van der Waals surface area contributed by atoms with Gasteiger partial charge >= 0.3 is 0 Å². The molecule has 1 aromatic carbocycles. The van der Waals surface area contributed by atoms with Crippen LogP contribution in [0.25, 0.3) is 11.0 Å². The highest BCUT2D eigenvalue weighted by molar-refractivity contribution is 9.10. The number of aromatic nitrogens is 2. The van der Waals surface area contributed by atoms with Crippen LogP contribution in [0.5, 0.6) is 0 Å². The van der Waals surface area contributed by atoms with Crippen molar-refractivity contribution in [3.05, 3.63) is 28.2 Å². The van der Waals surface area contributed by atoms with Crippen molar-refractivity contribution in [1.82, 2.24) is 9.55 Å². The molecule has 2 nitrogen and oxygen atoms in total. The SMILES string of the molecule is Fc1cc2nc(CCl)n(C3CCCCCC3)c2cc1Br. The second-order valence-corrected chi connectivity index (χ2v) is 6.55. The Morgan fingerprint density at radius 3 is 2.60 bits per heavy atom. The summed E-state index contributed by atoms with van der Waals surface area (Å²) in [6.07, 6.45) is 7.41. The van der Waals surface area contributed by atoms with E-state index in [9.17, 15) is 4.39 Å². The molecule has 3 rings (SSSR count). The molecule has 0 amide bonds. The number of nitrogens with zero attached hydrogens (tertiary/aromatic N) is 2. The average Bonchev–Trinajstić information content (AvgIpc) is 2.63. The minimum atomic E-state index is -0.274. The van der Waals surface area contributed by atoms with E-state index in [1.807, 2.05) is 6.07 Å². The molecule has 1 aliphatic rings. The predicted octanol–water partition coefficient (Wildman–Crippen LogP) is 5.57. The maximum Gasteiger partial charge on any atom is 0.139 e. The van der Waals surface area contributed by atoms with E-state index in [1.54, 1.807) is 0 Å². The van der Waals surface area contributed by atoms with E-state index in [0.717, 1.165) is 24.2 Å². The molecule has 1 saturated carbocycles. The number of alkyl halides is 1. The lowest BCUT2D eigenvalue weighted by atomic mass is 10.1. The molecule has 1 aliphatic carbocycles. The van der Waals surface area contributed by atoms with Gasteiger partial charge in [0.2, 0.25) is 0 Å². The first-order valence-electron chi connectivity index (χ1n) is 7.12. The second-order valence-electron chi connectivity index (χ2n) is 5.43. The van der Waals surface area contributed by atoms with Gasteiger partial charge in [0.25, 0.3) is 0 Å². The largest absolute Gasteiger partial charge is 0.324 e. The normalized spacial score (nSPS) is 17.6. The third kappa shape index (κ3) is 2.60. The molecule has 1 fully saturated rings. The fourth-order valence-electron chi connectivity index (χ4n) is 3.16. The molecule has 1 aromatic heterocycles. The second kappa shape index (κ2) is 6.02. The summed E-state index contributed by atoms with van der Waals surface area (Å²) in [5.41, 5.74) is 1.69. The molecule has 0 radical (unpaired) electrons. The van der Waals surface area contributed by atoms with E-state index in [1.165, 1.54) is 31.7 Å². The van der Waals surface area contributed by atoms with Gasteiger partial charge in [-0.15, -0.1) is 11.6 Å². The number of rotatable bonds is 2. The molecule has 0 atom stereocenters. The van der Waals surface area contributed by atoms with Crippen LogP contribution >= 0.6 is 27.5 Å². The Balaban J connectivity index is 2.13. The number of fused-ring (bicyclic) bond motifs is 1. The molecular formula is C15H17BrClFN2. The van der Waals surface area contributed by atoms with Crippen LogP contribution in [-0.2, 0) is 5.88 Å². The third-order valence-corrected chi connectivity index (χ3v) is 4.96. The predicted molar refractivity (Wildman–Crippen MR) is 83.7 cm³/mol. The van der Waals surface area contributed by atoms with Crippen molar-refractivity contribution in [2.24, 2.45) is 0 Å². The Labute approximate surface area is 131 Å². The van der Waals surface area contributed by atoms with Gasteiger partial charge in [0, 0.05) is 12.1 Å². The van der Waals surface area contributed by atoms with Crippen LogP contribution < -0.4 is 0 Å². The zero-order chi connectivity index (χ0) is 14.1. The number of halogens is 3. The van der Waals surface area contributed by atoms with Crippen molar-refractivity contribution in [2.45, 2.75) is 50.4 Å². The molecule has 0 bridgehead atoms. The lowest BCUT2D eigenvalue weighted by Crippen LogP contribution is -2.11. The molecule has 20 heavy (non-hydrogen) atoms. The highest BCUT2D eigenvalue weighted by atomic mass is 79.9. The zero-order valence-electron chi connectivity index (χ0n) is 11.2. The number of benzene rings is 1. The molecule has 0 N–H and O–H groups in total. The minimum Gasteiger partial charge on any atom is -0.324 e. The summed E-state index contributed by atoms with van der Waals surface area (Å²) in [4.78, 5) is 4.51. The van der Waals surface area contributed by atoms with Crippen LogP contribution in [-0.4, -0.2) is 9.55 Å². The highest BCUT2D eigenvalue weighted by Crippen LogP contribution is 2.33. The summed E-state index contributed by atoms with van der Waals surface area (Å²) >= 11 is 9.33. The van der Waals surface area contributed by atoms with Crippen molar-refractivity contribution < 1.29 is 4.39 Å². The lowest BCUT2D eigenvalue weighted by Gasteiger charge is -2.19. The van der Waals surface area contributed by atoms with Crippen LogP contribution in [0.15, 0.2) is 16.6 Å². The van der Waals surface area contributed by atoms with E-state index < -0.39 is 0 Å². The minimum absolute atomic E-state index is 0.274. The Bertz CT molecular complexity index is 618. The Kier molecular flexibility index (Phi) is 4.32. The summed E-state index contributed by atoms with van der Waals surface area (Å²) in [5, 5.41) is 0. The fourth-order valence-corrected chi connectivity index (χ4v) is 3.68. The summed E-state index contributed by atoms with van der Waals surface area (Å²) in [7, 11) is 0. The van der Waals surface area contributed by atoms with Gasteiger partial charge in [0.1, 0.15) is 11.6 Å². The van der Waals surface area contributed by atoms with Gasteiger partial charge in [-0.2, -0.15) is 0 Å². The number of imidazole rings is 1. The first-order valence-corrected chi connectivity index (χ1v) is 8.45. The number of hydrogen-bond donors (Lipinski definition) is 0. The Hall–Kier alpha value is -0.610. The molecule has 5 heteroatoms. The quantitative estimate of drug-likeness (QED) is 0.506. The van der Waals surface area contributed by atoms with E-state index in [4.69, 9.17) is 11.6 Å². The molecule has 0 saturated heterocycles. The van der Waals surface area contributed by atoms with Gasteiger partial charge in [-0.05, 0) is 34.8 Å². The summed E-state index contributed by atoms with van der Waals surface area (Å²) in [5.74, 6) is 0.944. The van der Waals surface area contributed by atoms with Crippen molar-refractivity contribution in [1.29, 1.82) is 0 Å². The standard InChI is InChI=1S/C15H17BrClFN2/c16-11-7-14-13(8-12(11)18)19-15(9-17)20(14)10-5-3-1-2-4-6-10/h7-8,10H,1-6,9H2. The molecule has 0 spiro atoms. The fraction of sp³-hybridized carbons (Fsp3) is 0.533. The van der Waals surface area contributed by atoms with E-state index >= 15 is 0 Å². The molecule has 0 aliphatic heterocycles. The zero-order valence-corrected chi connectivity index (χ0v) is 13.6. The van der Waals surface area contributed by atoms with Gasteiger partial charge < -0.3 is 4.57 Å². The lowest BCUT2D eigenvalue weighted by molar-refractivity contribution is 0.444. The first-order chi connectivity index (χ1) is 9.70. The summed E-state index contributed by atoms with van der Waals surface area (Å²) in [6.45, 7) is 0. The number of hydrogen-bond acceptors (Lipinski definition) is 1. The van der Waals surface area contributed by atoms with Gasteiger partial charge in [-0.3, -0.25) is 0 Å². The highest BCUT2D eigenvalue weighted by Gasteiger charge is 2.21. The molecule has 0 unspecified atom stereocenters. The van der Waals surface area contributed by atoms with Crippen molar-refractivity contribution in [3.8, 4) is 0 Å². The van der Waals surface area contributed by atoms with Crippen LogP contribution in [0, 0.1) is 5.82 Å². The average molecular weight is 360 g/mol. The van der Waals surface area contributed by atoms with Gasteiger partial charge in [-0.1, -0.05) is 25.7 Å². The van der Waals surface area contributed by atoms with Crippen LogP contribution in [0.1, 0.15) is 50.4 Å². The third-order valence-electron chi connectivity index (χ3n) is 4.11. The topological polar surface area (TPSA) is 17.8 Å². The van der Waals surface area contributed by atoms with Gasteiger partial charge in [0.05, 0.1) is 21.4 Å². The van der Waals surface area contributed by atoms with Crippen LogP contribution in [0.4, 0.5) is 4.39 Å². The van der Waals surface area contributed by atoms with Gasteiger partial charge in [0.15, 0.2) is 0 Å². The van der Waals surface area contributed by atoms with Crippen molar-refractivity contribution in [2.75, 3.05) is 0 Å². The summed E-state index contributed by atoms with van der Waals surface area (Å²) in [6, 6.07) is 3.76. The van der Waals surface area contributed by atoms with Crippen LogP contribution in [0.2, 0.25) is 0 Å². The maximum atomic E-state index is 13.7. The monoisotopic (exact) mass is 358 g/mol. The Morgan fingerprint density at radius 1 is 1.25 bits per heavy atom.